The summed E-state index contributed by atoms with van der Waals surface area (Å²) in [5, 5.41) is 3.22. The van der Waals surface area contributed by atoms with Gasteiger partial charge in [0, 0.05) is 18.6 Å². The van der Waals surface area contributed by atoms with Gasteiger partial charge in [-0.3, -0.25) is 4.79 Å². The molecule has 0 radical (unpaired) electrons. The Morgan fingerprint density at radius 1 is 1.32 bits per heavy atom. The molecule has 1 amide bonds. The summed E-state index contributed by atoms with van der Waals surface area (Å²) in [6.45, 7) is 3.11. The molecule has 0 aromatic rings. The average molecular weight is 288 g/mol. The molecule has 0 bridgehead atoms. The Balaban J connectivity index is 1.91. The Labute approximate surface area is 115 Å². The lowest BCUT2D eigenvalue weighted by atomic mass is 10.2. The van der Waals surface area contributed by atoms with Crippen LogP contribution in [0.25, 0.3) is 0 Å². The number of amides is 1. The third-order valence-electron chi connectivity index (χ3n) is 3.84. The van der Waals surface area contributed by atoms with Crippen molar-refractivity contribution in [2.24, 2.45) is 0 Å². The molecule has 1 N–H and O–H groups in total. The van der Waals surface area contributed by atoms with Crippen molar-refractivity contribution in [3.05, 3.63) is 0 Å². The lowest BCUT2D eigenvalue weighted by Gasteiger charge is -2.28. The zero-order chi connectivity index (χ0) is 13.9. The summed E-state index contributed by atoms with van der Waals surface area (Å²) >= 11 is 0. The topological polar surface area (TPSA) is 66.5 Å². The predicted octanol–water partition coefficient (Wildman–Crippen LogP) is 0.554. The van der Waals surface area contributed by atoms with Crippen LogP contribution in [0.3, 0.4) is 0 Å². The molecule has 2 aliphatic rings. The number of hydrogen-bond donors (Lipinski definition) is 1. The van der Waals surface area contributed by atoms with E-state index in [4.69, 9.17) is 0 Å². The summed E-state index contributed by atoms with van der Waals surface area (Å²) < 4.78 is 23.1. The summed E-state index contributed by atoms with van der Waals surface area (Å²) in [5.74, 6) is 0.428. The molecule has 110 valence electrons. The third kappa shape index (κ3) is 4.45. The van der Waals surface area contributed by atoms with Crippen LogP contribution in [-0.2, 0) is 14.6 Å². The fourth-order valence-electron chi connectivity index (χ4n) is 2.48. The first-order chi connectivity index (χ1) is 9.02. The minimum atomic E-state index is -2.93. The van der Waals surface area contributed by atoms with Crippen LogP contribution in [0.2, 0.25) is 0 Å². The highest BCUT2D eigenvalue weighted by atomic mass is 32.2. The highest BCUT2D eigenvalue weighted by molar-refractivity contribution is 7.91. The number of nitrogens with one attached hydrogen (secondary N) is 1. The summed E-state index contributed by atoms with van der Waals surface area (Å²) in [5.41, 5.74) is 0. The minimum Gasteiger partial charge on any atom is -0.338 e. The molecule has 1 heterocycles. The van der Waals surface area contributed by atoms with Crippen molar-refractivity contribution in [1.29, 1.82) is 0 Å². The van der Waals surface area contributed by atoms with E-state index in [9.17, 15) is 13.2 Å². The number of carbonyl (C=O) groups is 1. The maximum absolute atomic E-state index is 12.2. The Bertz CT molecular complexity index is 418. The Morgan fingerprint density at radius 2 is 2.05 bits per heavy atom. The van der Waals surface area contributed by atoms with Crippen molar-refractivity contribution in [2.45, 2.75) is 51.1 Å². The second kappa shape index (κ2) is 6.22. The van der Waals surface area contributed by atoms with Gasteiger partial charge in [-0.05, 0) is 25.7 Å². The molecule has 2 rings (SSSR count). The minimum absolute atomic E-state index is 0.0578. The van der Waals surface area contributed by atoms with Gasteiger partial charge in [0.1, 0.15) is 0 Å². The molecule has 1 saturated carbocycles. The fraction of sp³-hybridized carbons (Fsp3) is 0.923. The second-order valence-electron chi connectivity index (χ2n) is 5.65. The molecule has 5 nitrogen and oxygen atoms in total. The van der Waals surface area contributed by atoms with Crippen molar-refractivity contribution < 1.29 is 13.2 Å². The van der Waals surface area contributed by atoms with Crippen molar-refractivity contribution in [3.8, 4) is 0 Å². The van der Waals surface area contributed by atoms with Gasteiger partial charge >= 0.3 is 0 Å². The van der Waals surface area contributed by atoms with Crippen molar-refractivity contribution in [1.82, 2.24) is 10.2 Å². The molecular weight excluding hydrogens is 264 g/mol. The molecule has 0 spiro atoms. The van der Waals surface area contributed by atoms with Gasteiger partial charge in [0.2, 0.25) is 5.91 Å². The summed E-state index contributed by atoms with van der Waals surface area (Å²) in [6, 6.07) is 0.398. The lowest BCUT2D eigenvalue weighted by Crippen LogP contribution is -2.46. The van der Waals surface area contributed by atoms with Crippen LogP contribution >= 0.6 is 0 Å². The largest absolute Gasteiger partial charge is 0.338 e. The van der Waals surface area contributed by atoms with Crippen LogP contribution in [0.1, 0.15) is 39.0 Å². The predicted molar refractivity (Wildman–Crippen MR) is 74.7 cm³/mol. The first-order valence-electron chi connectivity index (χ1n) is 7.25. The molecule has 1 atom stereocenters. The normalized spacial score (nSPS) is 25.4. The van der Waals surface area contributed by atoms with E-state index in [1.54, 1.807) is 4.90 Å². The van der Waals surface area contributed by atoms with Crippen LogP contribution in [0.5, 0.6) is 0 Å². The van der Waals surface area contributed by atoms with E-state index in [1.165, 1.54) is 0 Å². The Morgan fingerprint density at radius 3 is 2.58 bits per heavy atom. The quantitative estimate of drug-likeness (QED) is 0.743. The van der Waals surface area contributed by atoms with Gasteiger partial charge in [-0.15, -0.1) is 0 Å². The average Bonchev–Trinajstić information content (AvgIpc) is 3.11. The lowest BCUT2D eigenvalue weighted by molar-refractivity contribution is -0.132. The van der Waals surface area contributed by atoms with E-state index < -0.39 is 9.84 Å². The highest BCUT2D eigenvalue weighted by Crippen LogP contribution is 2.20. The van der Waals surface area contributed by atoms with Gasteiger partial charge in [0.25, 0.3) is 0 Å². The first-order valence-corrected chi connectivity index (χ1v) is 9.07. The number of nitrogens with zero attached hydrogens (tertiary/aromatic N) is 1. The molecule has 1 aliphatic carbocycles. The molecular formula is C13H24N2O3S. The summed E-state index contributed by atoms with van der Waals surface area (Å²) in [6.07, 6.45) is 4.85. The van der Waals surface area contributed by atoms with Gasteiger partial charge in [-0.25, -0.2) is 8.42 Å². The van der Waals surface area contributed by atoms with E-state index in [1.807, 2.05) is 0 Å². The fourth-order valence-corrected chi connectivity index (χ4v) is 4.21. The standard InChI is InChI=1S/C13H24N2O3S/c1-2-3-7-15(12-6-8-19(17,18)10-12)13(16)9-14-11-4-5-11/h11-12,14H,2-10H2,1H3. The van der Waals surface area contributed by atoms with E-state index in [0.717, 1.165) is 25.7 Å². The van der Waals surface area contributed by atoms with Crippen molar-refractivity contribution in [3.63, 3.8) is 0 Å². The summed E-state index contributed by atoms with van der Waals surface area (Å²) in [4.78, 5) is 14.0. The van der Waals surface area contributed by atoms with Gasteiger partial charge in [0.05, 0.1) is 18.1 Å². The zero-order valence-electron chi connectivity index (χ0n) is 11.6. The molecule has 6 heteroatoms. The van der Waals surface area contributed by atoms with E-state index in [2.05, 4.69) is 12.2 Å². The van der Waals surface area contributed by atoms with Crippen molar-refractivity contribution >= 4 is 15.7 Å². The maximum atomic E-state index is 12.2. The number of carbonyl (C=O) groups excluding carboxylic acids is 1. The molecule has 2 fully saturated rings. The Hall–Kier alpha value is -0.620. The molecule has 0 aromatic heterocycles. The van der Waals surface area contributed by atoms with Gasteiger partial charge in [-0.1, -0.05) is 13.3 Å². The van der Waals surface area contributed by atoms with Crippen LogP contribution in [0, 0.1) is 0 Å². The summed E-state index contributed by atoms with van der Waals surface area (Å²) in [7, 11) is -2.93. The molecule has 0 aromatic carbocycles. The number of unbranched alkanes of at least 4 members (excludes halogenated alkanes) is 1. The van der Waals surface area contributed by atoms with Gasteiger partial charge < -0.3 is 10.2 Å². The molecule has 1 saturated heterocycles. The van der Waals surface area contributed by atoms with Gasteiger partial charge in [0.15, 0.2) is 9.84 Å². The SMILES string of the molecule is CCCCN(C(=O)CNC1CC1)C1CCS(=O)(=O)C1. The monoisotopic (exact) mass is 288 g/mol. The number of hydrogen-bond acceptors (Lipinski definition) is 4. The van der Waals surface area contributed by atoms with E-state index in [-0.39, 0.29) is 23.5 Å². The number of rotatable bonds is 7. The molecule has 1 unspecified atom stereocenters. The third-order valence-corrected chi connectivity index (χ3v) is 5.59. The van der Waals surface area contributed by atoms with Crippen molar-refractivity contribution in [2.75, 3.05) is 24.6 Å². The van der Waals surface area contributed by atoms with E-state index >= 15 is 0 Å². The first kappa shape index (κ1) is 14.8. The van der Waals surface area contributed by atoms with Crippen LogP contribution in [0.4, 0.5) is 0 Å². The molecule has 1 aliphatic heterocycles. The smallest absolute Gasteiger partial charge is 0.236 e. The van der Waals surface area contributed by atoms with E-state index in [0.29, 0.717) is 25.6 Å². The second-order valence-corrected chi connectivity index (χ2v) is 7.88. The van der Waals surface area contributed by atoms with Crippen LogP contribution in [-0.4, -0.2) is 55.9 Å². The van der Waals surface area contributed by atoms with Crippen LogP contribution in [0.15, 0.2) is 0 Å². The van der Waals surface area contributed by atoms with Gasteiger partial charge in [-0.2, -0.15) is 0 Å². The number of sulfone groups is 1. The zero-order valence-corrected chi connectivity index (χ0v) is 12.4. The maximum Gasteiger partial charge on any atom is 0.236 e. The Kier molecular flexibility index (Phi) is 4.84. The van der Waals surface area contributed by atoms with Crippen LogP contribution < -0.4 is 5.32 Å². The molecule has 19 heavy (non-hydrogen) atoms. The highest BCUT2D eigenvalue weighted by Gasteiger charge is 2.34.